The Morgan fingerprint density at radius 3 is 2.79 bits per heavy atom. The van der Waals surface area contributed by atoms with Crippen molar-refractivity contribution in [2.24, 2.45) is 0 Å². The minimum Gasteiger partial charge on any atom is -0.481 e. The number of hydrogen-bond acceptors (Lipinski definition) is 4. The number of benzene rings is 1. The highest BCUT2D eigenvalue weighted by Crippen LogP contribution is 2.37. The molecule has 3 aromatic rings. The molecule has 0 bridgehead atoms. The van der Waals surface area contributed by atoms with Crippen molar-refractivity contribution in [1.29, 1.82) is 0 Å². The smallest absolute Gasteiger partial charge is 0.312 e. The summed E-state index contributed by atoms with van der Waals surface area (Å²) in [5.41, 5.74) is 3.22. The molecule has 0 fully saturated rings. The number of aromatic nitrogens is 3. The zero-order chi connectivity index (χ0) is 20.0. The summed E-state index contributed by atoms with van der Waals surface area (Å²) in [6.45, 7) is 6.11. The zero-order valence-corrected chi connectivity index (χ0v) is 16.1. The molecule has 144 valence electrons. The third-order valence-electron chi connectivity index (χ3n) is 5.44. The van der Waals surface area contributed by atoms with Crippen molar-refractivity contribution >= 4 is 28.6 Å². The van der Waals surface area contributed by atoms with Crippen LogP contribution in [0, 0.1) is 6.92 Å². The van der Waals surface area contributed by atoms with Crippen molar-refractivity contribution in [2.75, 3.05) is 11.4 Å². The molecular weight excluding hydrogens is 356 g/mol. The van der Waals surface area contributed by atoms with Crippen molar-refractivity contribution in [2.45, 2.75) is 39.2 Å². The second kappa shape index (κ2) is 6.74. The molecule has 0 saturated heterocycles. The number of anilines is 1. The van der Waals surface area contributed by atoms with Gasteiger partial charge in [-0.25, -0.2) is 9.67 Å². The van der Waals surface area contributed by atoms with E-state index in [0.29, 0.717) is 27.8 Å². The summed E-state index contributed by atoms with van der Waals surface area (Å²) >= 11 is 0. The number of aliphatic carboxylic acids is 1. The lowest BCUT2D eigenvalue weighted by atomic mass is 10.0. The number of para-hydroxylation sites is 1. The normalized spacial score (nSPS) is 17.0. The predicted octanol–water partition coefficient (Wildman–Crippen LogP) is 3.54. The molecule has 2 atom stereocenters. The van der Waals surface area contributed by atoms with E-state index in [4.69, 9.17) is 0 Å². The van der Waals surface area contributed by atoms with E-state index in [1.165, 1.54) is 0 Å². The molecule has 1 aromatic carbocycles. The second-order valence-corrected chi connectivity index (χ2v) is 7.26. The number of nitrogens with zero attached hydrogens (tertiary/aromatic N) is 4. The van der Waals surface area contributed by atoms with Crippen molar-refractivity contribution in [3.05, 3.63) is 53.3 Å². The number of pyridine rings is 1. The van der Waals surface area contributed by atoms with Gasteiger partial charge in [-0.05, 0) is 38.0 Å². The molecule has 7 heteroatoms. The van der Waals surface area contributed by atoms with E-state index in [2.05, 4.69) is 23.9 Å². The monoisotopic (exact) mass is 378 g/mol. The zero-order valence-electron chi connectivity index (χ0n) is 16.1. The third-order valence-corrected chi connectivity index (χ3v) is 5.44. The van der Waals surface area contributed by atoms with Crippen LogP contribution >= 0.6 is 0 Å². The number of amides is 1. The molecule has 1 aliphatic heterocycles. The van der Waals surface area contributed by atoms with Crippen LogP contribution < -0.4 is 4.90 Å². The van der Waals surface area contributed by atoms with Gasteiger partial charge in [-0.1, -0.05) is 25.1 Å². The first-order chi connectivity index (χ1) is 13.4. The van der Waals surface area contributed by atoms with E-state index in [-0.39, 0.29) is 18.5 Å². The van der Waals surface area contributed by atoms with Crippen LogP contribution in [0.25, 0.3) is 11.0 Å². The number of hydrogen-bond donors (Lipinski definition) is 1. The average molecular weight is 378 g/mol. The lowest BCUT2D eigenvalue weighted by Gasteiger charge is -2.18. The summed E-state index contributed by atoms with van der Waals surface area (Å²) in [6, 6.07) is 9.11. The summed E-state index contributed by atoms with van der Waals surface area (Å²) in [7, 11) is 0. The van der Waals surface area contributed by atoms with Gasteiger partial charge in [0.1, 0.15) is 5.92 Å². The van der Waals surface area contributed by atoms with Crippen molar-refractivity contribution in [1.82, 2.24) is 14.8 Å². The summed E-state index contributed by atoms with van der Waals surface area (Å²) < 4.78 is 1.84. The van der Waals surface area contributed by atoms with Gasteiger partial charge in [-0.2, -0.15) is 5.10 Å². The lowest BCUT2D eigenvalue weighted by Crippen LogP contribution is -2.31. The van der Waals surface area contributed by atoms with Crippen LogP contribution in [0.5, 0.6) is 0 Å². The van der Waals surface area contributed by atoms with Crippen LogP contribution in [-0.2, 0) is 4.79 Å². The minimum atomic E-state index is -0.927. The number of carbonyl (C=O) groups excluding carboxylic acids is 1. The molecule has 0 saturated carbocycles. The largest absolute Gasteiger partial charge is 0.481 e. The van der Waals surface area contributed by atoms with E-state index in [9.17, 15) is 14.7 Å². The molecule has 1 N–H and O–H groups in total. The Morgan fingerprint density at radius 2 is 2.07 bits per heavy atom. The Bertz CT molecular complexity index is 1090. The molecule has 2 unspecified atom stereocenters. The summed E-state index contributed by atoms with van der Waals surface area (Å²) in [6.07, 6.45) is 2.58. The van der Waals surface area contributed by atoms with Crippen LogP contribution in [-0.4, -0.2) is 38.3 Å². The van der Waals surface area contributed by atoms with Gasteiger partial charge >= 0.3 is 5.97 Å². The number of rotatable bonds is 4. The van der Waals surface area contributed by atoms with Crippen molar-refractivity contribution in [3.63, 3.8) is 0 Å². The molecule has 1 amide bonds. The molecule has 0 aliphatic carbocycles. The van der Waals surface area contributed by atoms with Gasteiger partial charge < -0.3 is 10.0 Å². The predicted molar refractivity (Wildman–Crippen MR) is 106 cm³/mol. The van der Waals surface area contributed by atoms with E-state index >= 15 is 0 Å². The highest BCUT2D eigenvalue weighted by molar-refractivity contribution is 6.14. The van der Waals surface area contributed by atoms with Crippen LogP contribution in [0.4, 0.5) is 5.69 Å². The summed E-state index contributed by atoms with van der Waals surface area (Å²) in [5.74, 6) is -1.87. The van der Waals surface area contributed by atoms with Gasteiger partial charge in [0.05, 0.1) is 23.2 Å². The highest BCUT2D eigenvalue weighted by atomic mass is 16.4. The molecule has 0 radical (unpaired) electrons. The fourth-order valence-electron chi connectivity index (χ4n) is 3.77. The number of fused-ring (bicyclic) bond motifs is 2. The van der Waals surface area contributed by atoms with Crippen LogP contribution in [0.3, 0.4) is 0 Å². The van der Waals surface area contributed by atoms with Crippen LogP contribution in [0.15, 0.2) is 36.5 Å². The van der Waals surface area contributed by atoms with E-state index in [0.717, 1.165) is 12.1 Å². The Kier molecular flexibility index (Phi) is 4.37. The standard InChI is InChI=1S/C21H22N4O3/c1-4-13(3)25-19-16(10-22-25)15(9-12(2)23-19)20(26)24-11-17(21(27)28)14-7-5-6-8-18(14)24/h5-10,13,17H,4,11H2,1-3H3,(H,27,28). The first-order valence-electron chi connectivity index (χ1n) is 9.40. The maximum atomic E-state index is 13.5. The van der Waals surface area contributed by atoms with Gasteiger partial charge in [-0.15, -0.1) is 0 Å². The van der Waals surface area contributed by atoms with E-state index in [1.807, 2.05) is 17.7 Å². The third kappa shape index (κ3) is 2.74. The Hall–Kier alpha value is -3.22. The molecule has 28 heavy (non-hydrogen) atoms. The van der Waals surface area contributed by atoms with Gasteiger partial charge in [0, 0.05) is 17.9 Å². The highest BCUT2D eigenvalue weighted by Gasteiger charge is 2.37. The van der Waals surface area contributed by atoms with E-state index in [1.54, 1.807) is 35.4 Å². The second-order valence-electron chi connectivity index (χ2n) is 7.26. The Morgan fingerprint density at radius 1 is 1.32 bits per heavy atom. The maximum absolute atomic E-state index is 13.5. The van der Waals surface area contributed by atoms with Gasteiger partial charge in [-0.3, -0.25) is 9.59 Å². The summed E-state index contributed by atoms with van der Waals surface area (Å²) in [5, 5.41) is 14.7. The molecule has 4 rings (SSSR count). The van der Waals surface area contributed by atoms with E-state index < -0.39 is 11.9 Å². The quantitative estimate of drug-likeness (QED) is 0.750. The average Bonchev–Trinajstić information content (AvgIpc) is 3.28. The Balaban J connectivity index is 1.82. The van der Waals surface area contributed by atoms with Gasteiger partial charge in [0.25, 0.3) is 5.91 Å². The fraction of sp³-hybridized carbons (Fsp3) is 0.333. The SMILES string of the molecule is CCC(C)n1ncc2c(C(=O)N3CC(C(=O)O)c4ccccc43)cc(C)nc21. The minimum absolute atomic E-state index is 0.121. The number of carboxylic acids is 1. The first-order valence-corrected chi connectivity index (χ1v) is 9.40. The maximum Gasteiger partial charge on any atom is 0.312 e. The topological polar surface area (TPSA) is 88.3 Å². The lowest BCUT2D eigenvalue weighted by molar-refractivity contribution is -0.138. The van der Waals surface area contributed by atoms with Gasteiger partial charge in [0.2, 0.25) is 0 Å². The number of carboxylic acid groups (broad SMARTS) is 1. The number of carbonyl (C=O) groups is 2. The number of aryl methyl sites for hydroxylation is 1. The molecule has 2 aromatic heterocycles. The van der Waals surface area contributed by atoms with Crippen LogP contribution in [0.1, 0.15) is 53.8 Å². The van der Waals surface area contributed by atoms with Crippen molar-refractivity contribution in [3.8, 4) is 0 Å². The van der Waals surface area contributed by atoms with Gasteiger partial charge in [0.15, 0.2) is 5.65 Å². The molecule has 1 aliphatic rings. The molecular formula is C21H22N4O3. The fourth-order valence-corrected chi connectivity index (χ4v) is 3.77. The molecule has 3 heterocycles. The Labute approximate surface area is 162 Å². The van der Waals surface area contributed by atoms with Crippen molar-refractivity contribution < 1.29 is 14.7 Å². The molecule has 7 nitrogen and oxygen atoms in total. The van der Waals surface area contributed by atoms with Crippen LogP contribution in [0.2, 0.25) is 0 Å². The molecule has 0 spiro atoms. The first kappa shape index (κ1) is 18.2. The summed E-state index contributed by atoms with van der Waals surface area (Å²) in [4.78, 5) is 31.3.